The molecule has 1 N–H and O–H groups in total. The van der Waals surface area contributed by atoms with Crippen LogP contribution in [0, 0.1) is 17.8 Å². The molecule has 0 spiro atoms. The molecule has 21 heavy (non-hydrogen) atoms. The van der Waals surface area contributed by atoms with Crippen LogP contribution >= 0.6 is 11.3 Å². The van der Waals surface area contributed by atoms with Crippen molar-refractivity contribution in [3.8, 4) is 0 Å². The summed E-state index contributed by atoms with van der Waals surface area (Å²) in [6, 6.07) is 2.64. The van der Waals surface area contributed by atoms with Crippen LogP contribution in [0.4, 0.5) is 4.79 Å². The highest BCUT2D eigenvalue weighted by Crippen LogP contribution is 2.49. The van der Waals surface area contributed by atoms with E-state index in [1.165, 1.54) is 36.1 Å². The molecule has 0 saturated heterocycles. The number of thiophene rings is 1. The molecule has 0 radical (unpaired) electrons. The molecule has 2 amide bonds. The Morgan fingerprint density at radius 1 is 1.43 bits per heavy atom. The van der Waals surface area contributed by atoms with Gasteiger partial charge in [-0.15, -0.1) is 11.3 Å². The van der Waals surface area contributed by atoms with Gasteiger partial charge in [-0.05, 0) is 67.4 Å². The van der Waals surface area contributed by atoms with E-state index in [0.29, 0.717) is 12.0 Å². The summed E-state index contributed by atoms with van der Waals surface area (Å²) in [6.07, 6.45) is 6.57. The van der Waals surface area contributed by atoms with Crippen molar-refractivity contribution in [2.45, 2.75) is 51.6 Å². The van der Waals surface area contributed by atoms with Crippen molar-refractivity contribution in [1.29, 1.82) is 0 Å². The van der Waals surface area contributed by atoms with Crippen molar-refractivity contribution in [2.75, 3.05) is 6.54 Å². The second kappa shape index (κ2) is 5.31. The summed E-state index contributed by atoms with van der Waals surface area (Å²) in [7, 11) is 0. The van der Waals surface area contributed by atoms with Crippen LogP contribution in [-0.4, -0.2) is 23.5 Å². The molecule has 3 aliphatic rings. The molecule has 4 atom stereocenters. The Hall–Kier alpha value is -1.03. The fourth-order valence-electron chi connectivity index (χ4n) is 4.72. The monoisotopic (exact) mass is 304 g/mol. The molecule has 2 heterocycles. The summed E-state index contributed by atoms with van der Waals surface area (Å²) < 4.78 is 0. The second-order valence-corrected chi connectivity index (χ2v) is 8.12. The van der Waals surface area contributed by atoms with Gasteiger partial charge < -0.3 is 10.2 Å². The number of rotatable bonds is 2. The van der Waals surface area contributed by atoms with Gasteiger partial charge in [0.15, 0.2) is 0 Å². The fraction of sp³-hybridized carbons (Fsp3) is 0.706. The lowest BCUT2D eigenvalue weighted by atomic mass is 9.84. The third-order valence-corrected chi connectivity index (χ3v) is 6.90. The van der Waals surface area contributed by atoms with Crippen LogP contribution in [0.1, 0.15) is 43.0 Å². The van der Waals surface area contributed by atoms with Crippen molar-refractivity contribution in [3.05, 3.63) is 21.9 Å². The van der Waals surface area contributed by atoms with E-state index in [0.717, 1.165) is 31.3 Å². The maximum Gasteiger partial charge on any atom is 0.317 e. The van der Waals surface area contributed by atoms with E-state index >= 15 is 0 Å². The lowest BCUT2D eigenvalue weighted by Crippen LogP contribution is -2.48. The predicted octanol–water partition coefficient (Wildman–Crippen LogP) is 3.64. The number of nitrogens with one attached hydrogen (secondary N) is 1. The first-order chi connectivity index (χ1) is 10.2. The third kappa shape index (κ3) is 2.48. The first kappa shape index (κ1) is 13.6. The van der Waals surface area contributed by atoms with Gasteiger partial charge in [0.05, 0.1) is 0 Å². The van der Waals surface area contributed by atoms with E-state index in [2.05, 4.69) is 23.7 Å². The summed E-state index contributed by atoms with van der Waals surface area (Å²) >= 11 is 1.82. The molecule has 0 aromatic carbocycles. The molecule has 114 valence electrons. The molecule has 3 nitrogen and oxygen atoms in total. The van der Waals surface area contributed by atoms with E-state index in [1.54, 1.807) is 0 Å². The summed E-state index contributed by atoms with van der Waals surface area (Å²) in [5.74, 6) is 2.53. The minimum Gasteiger partial charge on any atom is -0.335 e. The predicted molar refractivity (Wildman–Crippen MR) is 85.4 cm³/mol. The third-order valence-electron chi connectivity index (χ3n) is 5.88. The number of urea groups is 1. The smallest absolute Gasteiger partial charge is 0.317 e. The lowest BCUT2D eigenvalue weighted by molar-refractivity contribution is 0.178. The summed E-state index contributed by atoms with van der Waals surface area (Å²) in [5, 5.41) is 5.43. The fourth-order valence-corrected chi connectivity index (χ4v) is 5.61. The van der Waals surface area contributed by atoms with Gasteiger partial charge in [-0.25, -0.2) is 4.79 Å². The maximum absolute atomic E-state index is 12.5. The first-order valence-corrected chi connectivity index (χ1v) is 9.19. The van der Waals surface area contributed by atoms with Crippen molar-refractivity contribution < 1.29 is 4.79 Å². The van der Waals surface area contributed by atoms with Gasteiger partial charge >= 0.3 is 6.03 Å². The highest BCUT2D eigenvalue weighted by atomic mass is 32.1. The number of fused-ring (bicyclic) bond motifs is 3. The van der Waals surface area contributed by atoms with Crippen LogP contribution in [0.3, 0.4) is 0 Å². The molecule has 4 unspecified atom stereocenters. The van der Waals surface area contributed by atoms with Gasteiger partial charge in [0.1, 0.15) is 0 Å². The maximum atomic E-state index is 12.5. The van der Waals surface area contributed by atoms with Gasteiger partial charge in [0.25, 0.3) is 0 Å². The number of carbonyl (C=O) groups is 1. The Balaban J connectivity index is 1.36. The molecule has 2 saturated carbocycles. The molecule has 1 aliphatic heterocycles. The Morgan fingerprint density at radius 3 is 3.10 bits per heavy atom. The zero-order valence-corrected chi connectivity index (χ0v) is 13.5. The topological polar surface area (TPSA) is 32.3 Å². The van der Waals surface area contributed by atoms with E-state index in [9.17, 15) is 4.79 Å². The Bertz CT molecular complexity index is 541. The van der Waals surface area contributed by atoms with Crippen molar-refractivity contribution in [3.63, 3.8) is 0 Å². The minimum atomic E-state index is 0.141. The number of carbonyl (C=O) groups excluding carboxylic acids is 1. The Morgan fingerprint density at radius 2 is 2.33 bits per heavy atom. The van der Waals surface area contributed by atoms with Gasteiger partial charge in [0.2, 0.25) is 0 Å². The van der Waals surface area contributed by atoms with Crippen LogP contribution in [0.15, 0.2) is 11.4 Å². The zero-order chi connectivity index (χ0) is 14.4. The summed E-state index contributed by atoms with van der Waals surface area (Å²) in [6.45, 7) is 3.86. The normalized spacial score (nSPS) is 32.0. The molecule has 2 fully saturated rings. The van der Waals surface area contributed by atoms with E-state index in [1.807, 2.05) is 16.2 Å². The molecule has 1 aromatic rings. The van der Waals surface area contributed by atoms with Gasteiger partial charge in [-0.3, -0.25) is 0 Å². The summed E-state index contributed by atoms with van der Waals surface area (Å²) in [5.41, 5.74) is 1.34. The number of nitrogens with zero attached hydrogens (tertiary/aromatic N) is 1. The average Bonchev–Trinajstić information content (AvgIpc) is 3.21. The van der Waals surface area contributed by atoms with Crippen LogP contribution in [0.2, 0.25) is 0 Å². The summed E-state index contributed by atoms with van der Waals surface area (Å²) in [4.78, 5) is 16.0. The SMILES string of the molecule is CC(NC(=O)N1CCc2sccc2C1)C1CC2CCC1C2. The molecular formula is C17H24N2OS. The van der Waals surface area contributed by atoms with E-state index in [4.69, 9.17) is 0 Å². The minimum absolute atomic E-state index is 0.141. The molecule has 2 bridgehead atoms. The second-order valence-electron chi connectivity index (χ2n) is 7.12. The molecular weight excluding hydrogens is 280 g/mol. The number of hydrogen-bond acceptors (Lipinski definition) is 2. The standard InChI is InChI=1S/C17H24N2OS/c1-11(15-9-12-2-3-13(15)8-12)18-17(20)19-6-4-16-14(10-19)5-7-21-16/h5,7,11-13,15H,2-4,6,8-10H2,1H3,(H,18,20). The van der Waals surface area contributed by atoms with Crippen LogP contribution in [-0.2, 0) is 13.0 Å². The highest BCUT2D eigenvalue weighted by molar-refractivity contribution is 7.10. The van der Waals surface area contributed by atoms with Gasteiger partial charge in [0, 0.05) is 24.0 Å². The average molecular weight is 304 g/mol. The number of hydrogen-bond donors (Lipinski definition) is 1. The van der Waals surface area contributed by atoms with Crippen LogP contribution in [0.25, 0.3) is 0 Å². The van der Waals surface area contributed by atoms with Gasteiger partial charge in [-0.2, -0.15) is 0 Å². The highest BCUT2D eigenvalue weighted by Gasteiger charge is 2.42. The van der Waals surface area contributed by atoms with Crippen molar-refractivity contribution in [1.82, 2.24) is 10.2 Å². The molecule has 4 heteroatoms. The van der Waals surface area contributed by atoms with E-state index in [-0.39, 0.29) is 6.03 Å². The largest absolute Gasteiger partial charge is 0.335 e. The quantitative estimate of drug-likeness (QED) is 0.889. The van der Waals surface area contributed by atoms with Crippen LogP contribution in [0.5, 0.6) is 0 Å². The van der Waals surface area contributed by atoms with Crippen molar-refractivity contribution >= 4 is 17.4 Å². The molecule has 4 rings (SSSR count). The molecule has 2 aliphatic carbocycles. The lowest BCUT2D eigenvalue weighted by Gasteiger charge is -2.32. The molecule has 1 aromatic heterocycles. The van der Waals surface area contributed by atoms with Crippen LogP contribution < -0.4 is 5.32 Å². The zero-order valence-electron chi connectivity index (χ0n) is 12.7. The Labute approximate surface area is 130 Å². The first-order valence-electron chi connectivity index (χ1n) is 8.31. The van der Waals surface area contributed by atoms with Crippen molar-refractivity contribution in [2.24, 2.45) is 17.8 Å². The van der Waals surface area contributed by atoms with E-state index < -0.39 is 0 Å². The Kier molecular flexibility index (Phi) is 3.44. The van der Waals surface area contributed by atoms with Gasteiger partial charge in [-0.1, -0.05) is 6.42 Å². The number of amides is 2.